The molecule has 0 aliphatic carbocycles. The number of hydrogen-bond acceptors (Lipinski definition) is 2. The number of unbranched alkanes of at least 4 members (excludes halogenated alkanes) is 1. The van der Waals surface area contributed by atoms with E-state index in [9.17, 15) is 0 Å². The molecule has 1 aromatic heterocycles. The summed E-state index contributed by atoms with van der Waals surface area (Å²) >= 11 is 0. The van der Waals surface area contributed by atoms with Crippen molar-refractivity contribution in [1.29, 1.82) is 0 Å². The molecule has 0 aromatic carbocycles. The summed E-state index contributed by atoms with van der Waals surface area (Å²) in [6, 6.07) is 0.482. The topological polar surface area (TPSA) is 30.7 Å². The molecule has 1 unspecified atom stereocenters. The molecule has 1 aromatic rings. The maximum atomic E-state index is 4.66. The predicted molar refractivity (Wildman–Crippen MR) is 72.2 cm³/mol. The molecule has 0 amide bonds. The molecule has 0 saturated carbocycles. The number of rotatable bonds is 6. The Morgan fingerprint density at radius 2 is 1.88 bits per heavy atom. The third kappa shape index (κ3) is 4.14. The Morgan fingerprint density at radius 1 is 1.18 bits per heavy atom. The Balaban J connectivity index is 2.76. The van der Waals surface area contributed by atoms with Crippen molar-refractivity contribution in [3.63, 3.8) is 0 Å². The molecule has 0 spiro atoms. The summed E-state index contributed by atoms with van der Waals surface area (Å²) in [5, 5.41) is 9.12. The Morgan fingerprint density at radius 3 is 2.35 bits per heavy atom. The van der Waals surface area contributed by atoms with Crippen molar-refractivity contribution in [2.45, 2.75) is 78.2 Å². The van der Waals surface area contributed by atoms with Crippen LogP contribution in [0.2, 0.25) is 0 Å². The fraction of sp³-hybridized carbons (Fsp3) is 0.857. The van der Waals surface area contributed by atoms with Crippen LogP contribution in [0.4, 0.5) is 0 Å². The highest BCUT2D eigenvalue weighted by atomic mass is 15.5. The van der Waals surface area contributed by atoms with Gasteiger partial charge in [0.25, 0.3) is 0 Å². The van der Waals surface area contributed by atoms with E-state index in [-0.39, 0.29) is 5.41 Å². The monoisotopic (exact) mass is 237 g/mol. The summed E-state index contributed by atoms with van der Waals surface area (Å²) in [5.74, 6) is 0. The molecule has 1 rings (SSSR count). The van der Waals surface area contributed by atoms with E-state index >= 15 is 0 Å². The summed E-state index contributed by atoms with van der Waals surface area (Å²) in [7, 11) is 0. The second kappa shape index (κ2) is 6.18. The van der Waals surface area contributed by atoms with E-state index in [1.54, 1.807) is 0 Å². The second-order valence-electron chi connectivity index (χ2n) is 5.88. The summed E-state index contributed by atoms with van der Waals surface area (Å²) < 4.78 is 0. The van der Waals surface area contributed by atoms with E-state index in [0.29, 0.717) is 6.04 Å². The van der Waals surface area contributed by atoms with Gasteiger partial charge < -0.3 is 0 Å². The molecule has 0 radical (unpaired) electrons. The minimum Gasteiger partial charge on any atom is -0.182 e. The average Bonchev–Trinajstić information content (AvgIpc) is 2.72. The maximum Gasteiger partial charge on any atom is 0.0880 e. The largest absolute Gasteiger partial charge is 0.182 e. The van der Waals surface area contributed by atoms with Gasteiger partial charge in [0.05, 0.1) is 17.9 Å². The smallest absolute Gasteiger partial charge is 0.0880 e. The Hall–Kier alpha value is -0.860. The molecule has 1 heterocycles. The van der Waals surface area contributed by atoms with Gasteiger partial charge in [-0.25, -0.2) is 0 Å². The van der Waals surface area contributed by atoms with Crippen molar-refractivity contribution in [1.82, 2.24) is 15.0 Å². The van der Waals surface area contributed by atoms with Gasteiger partial charge in [-0.15, -0.1) is 0 Å². The molecular formula is C14H27N3. The first-order valence-corrected chi connectivity index (χ1v) is 6.91. The van der Waals surface area contributed by atoms with Crippen LogP contribution in [0.25, 0.3) is 0 Å². The van der Waals surface area contributed by atoms with Crippen molar-refractivity contribution in [3.8, 4) is 0 Å². The zero-order valence-electron chi connectivity index (χ0n) is 12.0. The third-order valence-corrected chi connectivity index (χ3v) is 3.12. The zero-order chi connectivity index (χ0) is 12.9. The van der Waals surface area contributed by atoms with Crippen LogP contribution in [0.1, 0.15) is 78.5 Å². The van der Waals surface area contributed by atoms with Gasteiger partial charge in [-0.05, 0) is 12.8 Å². The minimum atomic E-state index is 0.0970. The van der Waals surface area contributed by atoms with Gasteiger partial charge in [0.2, 0.25) is 0 Å². The lowest BCUT2D eigenvalue weighted by atomic mass is 9.93. The van der Waals surface area contributed by atoms with Gasteiger partial charge in [0, 0.05) is 5.41 Å². The maximum absolute atomic E-state index is 4.66. The van der Waals surface area contributed by atoms with Crippen LogP contribution in [0, 0.1) is 0 Å². The Bertz CT molecular complexity index is 322. The summed E-state index contributed by atoms with van der Waals surface area (Å²) in [6.45, 7) is 11.0. The molecule has 1 atom stereocenters. The highest BCUT2D eigenvalue weighted by Gasteiger charge is 2.20. The van der Waals surface area contributed by atoms with Gasteiger partial charge in [0.1, 0.15) is 0 Å². The molecule has 0 bridgehead atoms. The first kappa shape index (κ1) is 14.2. The first-order chi connectivity index (χ1) is 7.99. The summed E-state index contributed by atoms with van der Waals surface area (Å²) in [5.41, 5.74) is 1.19. The van der Waals surface area contributed by atoms with Crippen molar-refractivity contribution < 1.29 is 0 Å². The van der Waals surface area contributed by atoms with Crippen molar-refractivity contribution in [3.05, 3.63) is 11.9 Å². The van der Waals surface area contributed by atoms with Crippen LogP contribution in [0.5, 0.6) is 0 Å². The molecule has 0 fully saturated rings. The van der Waals surface area contributed by atoms with Gasteiger partial charge >= 0.3 is 0 Å². The van der Waals surface area contributed by atoms with E-state index in [0.717, 1.165) is 5.69 Å². The van der Waals surface area contributed by atoms with Gasteiger partial charge in [-0.1, -0.05) is 53.9 Å². The summed E-state index contributed by atoms with van der Waals surface area (Å²) in [6.07, 6.45) is 8.00. The lowest BCUT2D eigenvalue weighted by molar-refractivity contribution is 0.342. The van der Waals surface area contributed by atoms with Crippen LogP contribution in [-0.2, 0) is 5.41 Å². The molecule has 0 aliphatic rings. The van der Waals surface area contributed by atoms with E-state index in [1.807, 2.05) is 11.0 Å². The third-order valence-electron chi connectivity index (χ3n) is 3.12. The number of nitrogens with zero attached hydrogens (tertiary/aromatic N) is 3. The fourth-order valence-corrected chi connectivity index (χ4v) is 1.94. The highest BCUT2D eigenvalue weighted by Crippen LogP contribution is 2.23. The number of hydrogen-bond donors (Lipinski definition) is 0. The second-order valence-corrected chi connectivity index (χ2v) is 5.88. The lowest BCUT2D eigenvalue weighted by Gasteiger charge is -2.16. The van der Waals surface area contributed by atoms with Crippen LogP contribution in [0.15, 0.2) is 6.20 Å². The van der Waals surface area contributed by atoms with Crippen molar-refractivity contribution in [2.24, 2.45) is 0 Å². The molecule has 3 heteroatoms. The van der Waals surface area contributed by atoms with Crippen LogP contribution in [0.3, 0.4) is 0 Å². The first-order valence-electron chi connectivity index (χ1n) is 6.91. The molecule has 17 heavy (non-hydrogen) atoms. The molecule has 98 valence electrons. The normalized spacial score (nSPS) is 13.9. The Labute approximate surface area is 106 Å². The fourth-order valence-electron chi connectivity index (χ4n) is 1.94. The van der Waals surface area contributed by atoms with E-state index in [2.05, 4.69) is 44.8 Å². The number of aromatic nitrogens is 3. The van der Waals surface area contributed by atoms with Gasteiger partial charge in [-0.3, -0.25) is 0 Å². The standard InChI is InChI=1S/C14H27N3/c1-6-8-10-12(9-7-2)17-15-11-13(16-17)14(3,4)5/h11-12H,6-10H2,1-5H3. The molecule has 3 nitrogen and oxygen atoms in total. The van der Waals surface area contributed by atoms with Crippen LogP contribution < -0.4 is 0 Å². The quantitative estimate of drug-likeness (QED) is 0.745. The average molecular weight is 237 g/mol. The SMILES string of the molecule is CCCCC(CCC)n1ncc(C(C)(C)C)n1. The van der Waals surface area contributed by atoms with E-state index in [1.165, 1.54) is 32.1 Å². The van der Waals surface area contributed by atoms with E-state index in [4.69, 9.17) is 0 Å². The Kier molecular flexibility index (Phi) is 5.16. The molecule has 0 N–H and O–H groups in total. The minimum absolute atomic E-state index is 0.0970. The predicted octanol–water partition coefficient (Wildman–Crippen LogP) is 4.11. The van der Waals surface area contributed by atoms with Crippen molar-refractivity contribution in [2.75, 3.05) is 0 Å². The van der Waals surface area contributed by atoms with Crippen molar-refractivity contribution >= 4 is 0 Å². The lowest BCUT2D eigenvalue weighted by Crippen LogP contribution is -2.16. The molecule has 0 saturated heterocycles. The molecule has 0 aliphatic heterocycles. The van der Waals surface area contributed by atoms with E-state index < -0.39 is 0 Å². The summed E-state index contributed by atoms with van der Waals surface area (Å²) in [4.78, 5) is 1.94. The molecular weight excluding hydrogens is 210 g/mol. The van der Waals surface area contributed by atoms with Gasteiger partial charge in [0.15, 0.2) is 0 Å². The highest BCUT2D eigenvalue weighted by molar-refractivity contribution is 5.05. The van der Waals surface area contributed by atoms with Gasteiger partial charge in [-0.2, -0.15) is 15.0 Å². The van der Waals surface area contributed by atoms with Crippen LogP contribution in [-0.4, -0.2) is 15.0 Å². The zero-order valence-corrected chi connectivity index (χ0v) is 12.0. The van der Waals surface area contributed by atoms with Crippen LogP contribution >= 0.6 is 0 Å².